The molecule has 2 N–H and O–H groups in total. The fourth-order valence-corrected chi connectivity index (χ4v) is 2.52. The Morgan fingerprint density at radius 3 is 2.75 bits per heavy atom. The van der Waals surface area contributed by atoms with Crippen LogP contribution >= 0.6 is 22.9 Å². The van der Waals surface area contributed by atoms with Gasteiger partial charge in [-0.2, -0.15) is 0 Å². The molecule has 0 saturated carbocycles. The van der Waals surface area contributed by atoms with Gasteiger partial charge in [-0.05, 0) is 19.0 Å². The maximum Gasteiger partial charge on any atom is 0.0547 e. The Morgan fingerprint density at radius 2 is 2.33 bits per heavy atom. The standard InChI is InChI=1S/C9H14ClNS/c1-3-8-7(10)4-9(12-8)6(2)5-11/h4,6H,3,5,11H2,1-2H3. The topological polar surface area (TPSA) is 26.0 Å². The van der Waals surface area contributed by atoms with Gasteiger partial charge in [-0.3, -0.25) is 0 Å². The van der Waals surface area contributed by atoms with Gasteiger partial charge in [0.25, 0.3) is 0 Å². The molecule has 68 valence electrons. The zero-order valence-corrected chi connectivity index (χ0v) is 9.00. The number of hydrogen-bond donors (Lipinski definition) is 1. The van der Waals surface area contributed by atoms with Crippen LogP contribution in [0.5, 0.6) is 0 Å². The first-order valence-corrected chi connectivity index (χ1v) is 5.36. The van der Waals surface area contributed by atoms with Crippen LogP contribution in [0, 0.1) is 0 Å². The molecule has 0 amide bonds. The fourth-order valence-electron chi connectivity index (χ4n) is 1.03. The van der Waals surface area contributed by atoms with Crippen molar-refractivity contribution >= 4 is 22.9 Å². The molecule has 1 rings (SSSR count). The molecule has 0 fully saturated rings. The Hall–Kier alpha value is -0.0500. The Balaban J connectivity index is 2.88. The van der Waals surface area contributed by atoms with E-state index in [1.807, 2.05) is 6.07 Å². The van der Waals surface area contributed by atoms with Gasteiger partial charge in [-0.15, -0.1) is 11.3 Å². The molecule has 12 heavy (non-hydrogen) atoms. The van der Waals surface area contributed by atoms with E-state index in [0.29, 0.717) is 12.5 Å². The average molecular weight is 204 g/mol. The van der Waals surface area contributed by atoms with Gasteiger partial charge in [0.15, 0.2) is 0 Å². The molecule has 0 aliphatic carbocycles. The second kappa shape index (κ2) is 4.26. The minimum absolute atomic E-state index is 0.438. The molecule has 0 bridgehead atoms. The molecule has 1 aromatic heterocycles. The second-order valence-corrected chi connectivity index (χ2v) is 4.49. The van der Waals surface area contributed by atoms with Crippen molar-refractivity contribution in [3.63, 3.8) is 0 Å². The zero-order valence-electron chi connectivity index (χ0n) is 7.43. The van der Waals surface area contributed by atoms with Crippen LogP contribution in [0.25, 0.3) is 0 Å². The molecular formula is C9H14ClNS. The highest BCUT2D eigenvalue weighted by atomic mass is 35.5. The lowest BCUT2D eigenvalue weighted by atomic mass is 10.1. The van der Waals surface area contributed by atoms with E-state index in [1.165, 1.54) is 9.75 Å². The maximum atomic E-state index is 6.02. The van der Waals surface area contributed by atoms with Crippen LogP contribution in [0.15, 0.2) is 6.07 Å². The van der Waals surface area contributed by atoms with E-state index < -0.39 is 0 Å². The zero-order chi connectivity index (χ0) is 9.14. The largest absolute Gasteiger partial charge is 0.330 e. The van der Waals surface area contributed by atoms with E-state index in [0.717, 1.165) is 11.4 Å². The van der Waals surface area contributed by atoms with Crippen molar-refractivity contribution in [3.8, 4) is 0 Å². The number of thiophene rings is 1. The van der Waals surface area contributed by atoms with E-state index in [1.54, 1.807) is 11.3 Å². The molecule has 0 radical (unpaired) electrons. The monoisotopic (exact) mass is 203 g/mol. The summed E-state index contributed by atoms with van der Waals surface area (Å²) in [6, 6.07) is 2.04. The lowest BCUT2D eigenvalue weighted by Crippen LogP contribution is -2.06. The normalized spacial score (nSPS) is 13.3. The van der Waals surface area contributed by atoms with E-state index in [4.69, 9.17) is 17.3 Å². The third kappa shape index (κ3) is 2.00. The van der Waals surface area contributed by atoms with Crippen LogP contribution in [-0.4, -0.2) is 6.54 Å². The maximum absolute atomic E-state index is 6.02. The van der Waals surface area contributed by atoms with Crippen LogP contribution in [-0.2, 0) is 6.42 Å². The predicted octanol–water partition coefficient (Wildman–Crippen LogP) is 3.03. The second-order valence-electron chi connectivity index (χ2n) is 2.91. The molecule has 1 heterocycles. The first-order valence-electron chi connectivity index (χ1n) is 4.17. The molecule has 0 aliphatic heterocycles. The summed E-state index contributed by atoms with van der Waals surface area (Å²) in [6.07, 6.45) is 1.01. The van der Waals surface area contributed by atoms with Crippen LogP contribution in [0.2, 0.25) is 5.02 Å². The molecular weight excluding hydrogens is 190 g/mol. The molecule has 1 atom stereocenters. The van der Waals surface area contributed by atoms with E-state index in [9.17, 15) is 0 Å². The number of aryl methyl sites for hydroxylation is 1. The molecule has 0 aromatic carbocycles. The van der Waals surface area contributed by atoms with Crippen LogP contribution in [0.3, 0.4) is 0 Å². The highest BCUT2D eigenvalue weighted by Gasteiger charge is 2.09. The minimum Gasteiger partial charge on any atom is -0.330 e. The average Bonchev–Trinajstić information content (AvgIpc) is 2.45. The molecule has 0 spiro atoms. The van der Waals surface area contributed by atoms with Crippen molar-refractivity contribution in [3.05, 3.63) is 20.8 Å². The molecule has 1 aromatic rings. The van der Waals surface area contributed by atoms with Crippen molar-refractivity contribution in [2.75, 3.05) is 6.54 Å². The summed E-state index contributed by atoms with van der Waals surface area (Å²) < 4.78 is 0. The van der Waals surface area contributed by atoms with Gasteiger partial charge in [0.05, 0.1) is 5.02 Å². The van der Waals surface area contributed by atoms with Crippen LogP contribution in [0.1, 0.15) is 29.5 Å². The minimum atomic E-state index is 0.438. The van der Waals surface area contributed by atoms with Gasteiger partial charge >= 0.3 is 0 Å². The van der Waals surface area contributed by atoms with E-state index in [2.05, 4.69) is 13.8 Å². The molecule has 3 heteroatoms. The van der Waals surface area contributed by atoms with Crippen molar-refractivity contribution < 1.29 is 0 Å². The lowest BCUT2D eigenvalue weighted by Gasteiger charge is -2.02. The summed E-state index contributed by atoms with van der Waals surface area (Å²) >= 11 is 7.80. The first kappa shape index (κ1) is 10.0. The fraction of sp³-hybridized carbons (Fsp3) is 0.556. The Kier molecular flexibility index (Phi) is 3.56. The third-order valence-electron chi connectivity index (χ3n) is 1.94. The number of nitrogens with two attached hydrogens (primary N) is 1. The van der Waals surface area contributed by atoms with Gasteiger partial charge in [0, 0.05) is 15.7 Å². The van der Waals surface area contributed by atoms with Crippen LogP contribution in [0.4, 0.5) is 0 Å². The lowest BCUT2D eigenvalue weighted by molar-refractivity contribution is 0.790. The van der Waals surface area contributed by atoms with Crippen LogP contribution < -0.4 is 5.73 Å². The SMILES string of the molecule is CCc1sc(C(C)CN)cc1Cl. The first-order chi connectivity index (χ1) is 5.69. The van der Waals surface area contributed by atoms with Gasteiger partial charge in [-0.25, -0.2) is 0 Å². The summed E-state index contributed by atoms with van der Waals surface area (Å²) in [4.78, 5) is 2.58. The highest BCUT2D eigenvalue weighted by Crippen LogP contribution is 2.31. The number of rotatable bonds is 3. The third-order valence-corrected chi connectivity index (χ3v) is 3.90. The molecule has 0 saturated heterocycles. The molecule has 1 unspecified atom stereocenters. The predicted molar refractivity (Wildman–Crippen MR) is 56.2 cm³/mol. The van der Waals surface area contributed by atoms with Crippen molar-refractivity contribution in [1.82, 2.24) is 0 Å². The summed E-state index contributed by atoms with van der Waals surface area (Å²) in [6.45, 7) is 4.94. The van der Waals surface area contributed by atoms with Crippen molar-refractivity contribution in [2.24, 2.45) is 5.73 Å². The Bertz CT molecular complexity index is 257. The van der Waals surface area contributed by atoms with Gasteiger partial charge in [-0.1, -0.05) is 25.4 Å². The van der Waals surface area contributed by atoms with Gasteiger partial charge in [0.2, 0.25) is 0 Å². The summed E-state index contributed by atoms with van der Waals surface area (Å²) in [5.74, 6) is 0.438. The van der Waals surface area contributed by atoms with Crippen molar-refractivity contribution in [1.29, 1.82) is 0 Å². The Morgan fingerprint density at radius 1 is 1.67 bits per heavy atom. The van der Waals surface area contributed by atoms with Gasteiger partial charge < -0.3 is 5.73 Å². The summed E-state index contributed by atoms with van der Waals surface area (Å²) in [5, 5.41) is 0.901. The summed E-state index contributed by atoms with van der Waals surface area (Å²) in [7, 11) is 0. The van der Waals surface area contributed by atoms with E-state index in [-0.39, 0.29) is 0 Å². The van der Waals surface area contributed by atoms with Gasteiger partial charge in [0.1, 0.15) is 0 Å². The highest BCUT2D eigenvalue weighted by molar-refractivity contribution is 7.12. The van der Waals surface area contributed by atoms with Crippen molar-refractivity contribution in [2.45, 2.75) is 26.2 Å². The number of hydrogen-bond acceptors (Lipinski definition) is 2. The Labute approximate surface area is 82.5 Å². The molecule has 0 aliphatic rings. The summed E-state index contributed by atoms with van der Waals surface area (Å²) in [5.41, 5.74) is 5.57. The quantitative estimate of drug-likeness (QED) is 0.803. The number of halogens is 1. The van der Waals surface area contributed by atoms with E-state index >= 15 is 0 Å². The smallest absolute Gasteiger partial charge is 0.0547 e. The molecule has 1 nitrogen and oxygen atoms in total.